The number of hydrogen-bond acceptors (Lipinski definition) is 7. The standard InChI is InChI=1S/C11H11N5O4S/c1-20-11-13-10(14-15-11)12-9(17)7-5-6(21-2)3-4-8(7)16(18)19/h3-5H,1-2H3,(H2,12,13,14,15,17). The number of hydrogen-bond donors (Lipinski definition) is 2. The number of carbonyl (C=O) groups is 1. The zero-order chi connectivity index (χ0) is 15.4. The van der Waals surface area contributed by atoms with Gasteiger partial charge in [0.1, 0.15) is 5.56 Å². The first-order valence-corrected chi connectivity index (χ1v) is 6.87. The Morgan fingerprint density at radius 3 is 2.86 bits per heavy atom. The summed E-state index contributed by atoms with van der Waals surface area (Å²) in [6.07, 6.45) is 1.81. The Labute approximate surface area is 123 Å². The summed E-state index contributed by atoms with van der Waals surface area (Å²) in [4.78, 5) is 27.1. The monoisotopic (exact) mass is 309 g/mol. The molecule has 0 saturated carbocycles. The number of aromatic nitrogens is 3. The van der Waals surface area contributed by atoms with E-state index in [-0.39, 0.29) is 23.2 Å². The third kappa shape index (κ3) is 3.28. The van der Waals surface area contributed by atoms with Crippen molar-refractivity contribution in [1.29, 1.82) is 0 Å². The molecule has 9 nitrogen and oxygen atoms in total. The number of H-pyrrole nitrogens is 1. The molecule has 0 spiro atoms. The lowest BCUT2D eigenvalue weighted by atomic mass is 10.1. The minimum atomic E-state index is -0.656. The quantitative estimate of drug-likeness (QED) is 0.489. The molecule has 2 aromatic rings. The van der Waals surface area contributed by atoms with Crippen LogP contribution in [-0.2, 0) is 0 Å². The van der Waals surface area contributed by atoms with E-state index in [2.05, 4.69) is 20.5 Å². The molecule has 0 fully saturated rings. The Balaban J connectivity index is 2.30. The molecule has 10 heteroatoms. The average molecular weight is 309 g/mol. The van der Waals surface area contributed by atoms with Gasteiger partial charge in [0.2, 0.25) is 5.95 Å². The number of nitro benzene ring substituents is 1. The number of nitrogens with one attached hydrogen (secondary N) is 2. The second-order valence-corrected chi connectivity index (χ2v) is 4.64. The summed E-state index contributed by atoms with van der Waals surface area (Å²) in [7, 11) is 1.38. The maximum atomic E-state index is 12.2. The molecule has 21 heavy (non-hydrogen) atoms. The minimum Gasteiger partial charge on any atom is -0.466 e. The second-order valence-electron chi connectivity index (χ2n) is 3.77. The van der Waals surface area contributed by atoms with Crippen LogP contribution < -0.4 is 10.1 Å². The van der Waals surface area contributed by atoms with Gasteiger partial charge < -0.3 is 4.74 Å². The number of anilines is 1. The summed E-state index contributed by atoms with van der Waals surface area (Å²) >= 11 is 1.38. The minimum absolute atomic E-state index is 0.0423. The highest BCUT2D eigenvalue weighted by molar-refractivity contribution is 7.98. The lowest BCUT2D eigenvalue weighted by Crippen LogP contribution is -2.15. The van der Waals surface area contributed by atoms with E-state index >= 15 is 0 Å². The van der Waals surface area contributed by atoms with E-state index in [0.29, 0.717) is 0 Å². The normalized spacial score (nSPS) is 10.2. The number of aromatic amines is 1. The molecule has 110 valence electrons. The smallest absolute Gasteiger partial charge is 0.336 e. The molecule has 0 bridgehead atoms. The average Bonchev–Trinajstić information content (AvgIpc) is 2.94. The fraction of sp³-hybridized carbons (Fsp3) is 0.182. The van der Waals surface area contributed by atoms with Crippen LogP contribution in [0.1, 0.15) is 10.4 Å². The summed E-state index contributed by atoms with van der Waals surface area (Å²) in [6.45, 7) is 0. The molecule has 0 aliphatic rings. The van der Waals surface area contributed by atoms with E-state index in [9.17, 15) is 14.9 Å². The van der Waals surface area contributed by atoms with E-state index in [4.69, 9.17) is 4.74 Å². The Kier molecular flexibility index (Phi) is 4.38. The van der Waals surface area contributed by atoms with Gasteiger partial charge in [-0.2, -0.15) is 4.98 Å². The van der Waals surface area contributed by atoms with Crippen LogP contribution in [-0.4, -0.2) is 39.4 Å². The van der Waals surface area contributed by atoms with Crippen LogP contribution in [0, 0.1) is 10.1 Å². The highest BCUT2D eigenvalue weighted by Crippen LogP contribution is 2.25. The van der Waals surface area contributed by atoms with Crippen LogP contribution in [0.3, 0.4) is 0 Å². The zero-order valence-electron chi connectivity index (χ0n) is 11.1. The molecule has 0 radical (unpaired) electrons. The van der Waals surface area contributed by atoms with Crippen molar-refractivity contribution >= 4 is 29.3 Å². The summed E-state index contributed by atoms with van der Waals surface area (Å²) in [5.74, 6) is -0.614. The van der Waals surface area contributed by atoms with Crippen molar-refractivity contribution in [2.24, 2.45) is 0 Å². The number of thioether (sulfide) groups is 1. The second kappa shape index (κ2) is 6.22. The van der Waals surface area contributed by atoms with Gasteiger partial charge in [0.05, 0.1) is 12.0 Å². The summed E-state index contributed by atoms with van der Waals surface area (Å²) in [5.41, 5.74) is -0.334. The summed E-state index contributed by atoms with van der Waals surface area (Å²) in [6, 6.07) is 4.38. The molecule has 2 N–H and O–H groups in total. The summed E-state index contributed by atoms with van der Waals surface area (Å²) in [5, 5.41) is 19.5. The molecule has 1 aromatic heterocycles. The first kappa shape index (κ1) is 14.8. The zero-order valence-corrected chi connectivity index (χ0v) is 11.9. The first-order valence-electron chi connectivity index (χ1n) is 5.65. The molecule has 0 aliphatic carbocycles. The van der Waals surface area contributed by atoms with Crippen LogP contribution in [0.4, 0.5) is 11.6 Å². The van der Waals surface area contributed by atoms with Crippen molar-refractivity contribution < 1.29 is 14.5 Å². The van der Waals surface area contributed by atoms with Gasteiger partial charge in [0, 0.05) is 11.0 Å². The number of carbonyl (C=O) groups excluding carboxylic acids is 1. The molecule has 1 aromatic carbocycles. The van der Waals surface area contributed by atoms with Gasteiger partial charge in [-0.05, 0) is 18.4 Å². The fourth-order valence-corrected chi connectivity index (χ4v) is 1.99. The van der Waals surface area contributed by atoms with Gasteiger partial charge in [-0.1, -0.05) is 0 Å². The number of nitrogens with zero attached hydrogens (tertiary/aromatic N) is 3. The Morgan fingerprint density at radius 1 is 1.52 bits per heavy atom. The summed E-state index contributed by atoms with van der Waals surface area (Å²) < 4.78 is 4.76. The van der Waals surface area contributed by atoms with Crippen LogP contribution in [0.5, 0.6) is 6.01 Å². The van der Waals surface area contributed by atoms with Gasteiger partial charge in [-0.25, -0.2) is 5.10 Å². The van der Waals surface area contributed by atoms with Gasteiger partial charge >= 0.3 is 6.01 Å². The largest absolute Gasteiger partial charge is 0.466 e. The molecule has 0 atom stereocenters. The highest BCUT2D eigenvalue weighted by Gasteiger charge is 2.21. The highest BCUT2D eigenvalue weighted by atomic mass is 32.2. The molecule has 1 heterocycles. The van der Waals surface area contributed by atoms with E-state index in [1.165, 1.54) is 31.0 Å². The van der Waals surface area contributed by atoms with Crippen molar-refractivity contribution in [1.82, 2.24) is 15.2 Å². The SMILES string of the molecule is COc1n[nH]c(NC(=O)c2cc(SC)ccc2[N+](=O)[O-])n1. The van der Waals surface area contributed by atoms with E-state index in [0.717, 1.165) is 4.90 Å². The Morgan fingerprint density at radius 2 is 2.29 bits per heavy atom. The van der Waals surface area contributed by atoms with Crippen LogP contribution in [0.25, 0.3) is 0 Å². The van der Waals surface area contributed by atoms with E-state index in [1.807, 2.05) is 6.26 Å². The van der Waals surface area contributed by atoms with Crippen molar-refractivity contribution in [2.45, 2.75) is 4.90 Å². The van der Waals surface area contributed by atoms with Crippen LogP contribution >= 0.6 is 11.8 Å². The number of ether oxygens (including phenoxy) is 1. The first-order chi connectivity index (χ1) is 10.0. The van der Waals surface area contributed by atoms with E-state index < -0.39 is 10.8 Å². The molecule has 0 aliphatic heterocycles. The van der Waals surface area contributed by atoms with Crippen LogP contribution in [0.15, 0.2) is 23.1 Å². The number of benzene rings is 1. The predicted octanol–water partition coefficient (Wildman–Crippen LogP) is 1.70. The molecule has 0 unspecified atom stereocenters. The van der Waals surface area contributed by atoms with Crippen molar-refractivity contribution in [3.8, 4) is 6.01 Å². The lowest BCUT2D eigenvalue weighted by Gasteiger charge is -2.04. The third-order valence-electron chi connectivity index (χ3n) is 2.52. The molecular weight excluding hydrogens is 298 g/mol. The number of nitro groups is 1. The van der Waals surface area contributed by atoms with Gasteiger partial charge in [0.25, 0.3) is 11.6 Å². The molecule has 2 rings (SSSR count). The Bertz CT molecular complexity index is 687. The maximum absolute atomic E-state index is 12.2. The molecular formula is C11H11N5O4S. The van der Waals surface area contributed by atoms with Gasteiger partial charge in [-0.15, -0.1) is 16.9 Å². The maximum Gasteiger partial charge on any atom is 0.336 e. The topological polar surface area (TPSA) is 123 Å². The lowest BCUT2D eigenvalue weighted by molar-refractivity contribution is -0.385. The van der Waals surface area contributed by atoms with Crippen molar-refractivity contribution in [3.05, 3.63) is 33.9 Å². The number of rotatable bonds is 5. The van der Waals surface area contributed by atoms with Crippen molar-refractivity contribution in [3.63, 3.8) is 0 Å². The van der Waals surface area contributed by atoms with Crippen LogP contribution in [0.2, 0.25) is 0 Å². The van der Waals surface area contributed by atoms with Crippen molar-refractivity contribution in [2.75, 3.05) is 18.7 Å². The van der Waals surface area contributed by atoms with E-state index in [1.54, 1.807) is 6.07 Å². The fourth-order valence-electron chi connectivity index (χ4n) is 1.55. The number of amides is 1. The molecule has 0 saturated heterocycles. The molecule has 1 amide bonds. The Hall–Kier alpha value is -2.62. The third-order valence-corrected chi connectivity index (χ3v) is 3.25. The van der Waals surface area contributed by atoms with Gasteiger partial charge in [-0.3, -0.25) is 20.2 Å². The van der Waals surface area contributed by atoms with Gasteiger partial charge in [0.15, 0.2) is 0 Å². The number of methoxy groups -OCH3 is 1. The predicted molar refractivity (Wildman–Crippen MR) is 75.8 cm³/mol.